The summed E-state index contributed by atoms with van der Waals surface area (Å²) < 4.78 is 48.2. The minimum Gasteiger partial charge on any atom is -0.398 e. The molecule has 0 saturated carbocycles. The second-order valence-corrected chi connectivity index (χ2v) is 8.78. The summed E-state index contributed by atoms with van der Waals surface area (Å²) in [5.74, 6) is -0.424. The molecule has 8 heteroatoms. The van der Waals surface area contributed by atoms with E-state index in [1.165, 1.54) is 4.31 Å². The number of para-hydroxylation sites is 1. The molecule has 19 heavy (non-hydrogen) atoms. The van der Waals surface area contributed by atoms with Gasteiger partial charge >= 0.3 is 0 Å². The first-order chi connectivity index (χ1) is 8.80. The van der Waals surface area contributed by atoms with Crippen LogP contribution in [0.15, 0.2) is 24.3 Å². The maximum atomic E-state index is 12.2. The van der Waals surface area contributed by atoms with Gasteiger partial charge in [-0.15, -0.1) is 0 Å². The number of nitrogen functional groups attached to an aromatic ring is 1. The second-order valence-electron chi connectivity index (χ2n) is 4.51. The molecule has 0 unspecified atom stereocenters. The minimum absolute atomic E-state index is 0.0252. The molecular weight excluding hydrogens is 288 g/mol. The van der Waals surface area contributed by atoms with Gasteiger partial charge in [-0.05, 0) is 11.6 Å². The zero-order valence-electron chi connectivity index (χ0n) is 10.3. The highest BCUT2D eigenvalue weighted by Crippen LogP contribution is 2.18. The maximum Gasteiger partial charge on any atom is 0.218 e. The molecule has 1 heterocycles. The molecule has 0 spiro atoms. The standard InChI is InChI=1S/C11H16N2O4S2/c12-11-4-2-1-3-10(11)9-19(16,17)13-5-7-18(14,15)8-6-13/h1-4H,5-9,12H2. The molecule has 1 aromatic carbocycles. The van der Waals surface area contributed by atoms with E-state index in [2.05, 4.69) is 0 Å². The third-order valence-corrected chi connectivity index (χ3v) is 6.53. The topological polar surface area (TPSA) is 97.5 Å². The van der Waals surface area contributed by atoms with Crippen molar-refractivity contribution < 1.29 is 16.8 Å². The highest BCUT2D eigenvalue weighted by atomic mass is 32.2. The van der Waals surface area contributed by atoms with E-state index in [1.807, 2.05) is 0 Å². The van der Waals surface area contributed by atoms with E-state index in [-0.39, 0.29) is 30.3 Å². The predicted molar refractivity (Wildman–Crippen MR) is 73.7 cm³/mol. The van der Waals surface area contributed by atoms with Crippen LogP contribution >= 0.6 is 0 Å². The normalized spacial score (nSPS) is 20.2. The Morgan fingerprint density at radius 3 is 2.32 bits per heavy atom. The van der Waals surface area contributed by atoms with E-state index >= 15 is 0 Å². The molecule has 2 N–H and O–H groups in total. The van der Waals surface area contributed by atoms with Crippen LogP contribution in [0, 0.1) is 0 Å². The van der Waals surface area contributed by atoms with Crippen molar-refractivity contribution in [1.29, 1.82) is 0 Å². The van der Waals surface area contributed by atoms with Gasteiger partial charge in [0.15, 0.2) is 9.84 Å². The van der Waals surface area contributed by atoms with E-state index in [1.54, 1.807) is 24.3 Å². The lowest BCUT2D eigenvalue weighted by Crippen LogP contribution is -2.44. The predicted octanol–water partition coefficient (Wildman–Crippen LogP) is -0.171. The fraction of sp³-hybridized carbons (Fsp3) is 0.455. The molecule has 1 aliphatic heterocycles. The fourth-order valence-electron chi connectivity index (χ4n) is 1.93. The summed E-state index contributed by atoms with van der Waals surface area (Å²) in [6.07, 6.45) is 0. The third-order valence-electron chi connectivity index (χ3n) is 3.09. The van der Waals surface area contributed by atoms with Crippen LogP contribution in [0.3, 0.4) is 0 Å². The molecule has 6 nitrogen and oxygen atoms in total. The quantitative estimate of drug-likeness (QED) is 0.782. The first-order valence-electron chi connectivity index (χ1n) is 5.82. The summed E-state index contributed by atoms with van der Waals surface area (Å²) >= 11 is 0. The molecule has 1 aromatic rings. The van der Waals surface area contributed by atoms with Crippen LogP contribution in [0.1, 0.15) is 5.56 Å². The first-order valence-corrected chi connectivity index (χ1v) is 9.25. The van der Waals surface area contributed by atoms with Gasteiger partial charge in [-0.2, -0.15) is 4.31 Å². The number of rotatable bonds is 3. The number of hydrogen-bond donors (Lipinski definition) is 1. The van der Waals surface area contributed by atoms with Gasteiger partial charge in [0.25, 0.3) is 0 Å². The second kappa shape index (κ2) is 5.10. The molecule has 106 valence electrons. The van der Waals surface area contributed by atoms with Gasteiger partial charge < -0.3 is 5.73 Å². The van der Waals surface area contributed by atoms with Crippen LogP contribution in [0.2, 0.25) is 0 Å². The van der Waals surface area contributed by atoms with Gasteiger partial charge in [0.1, 0.15) is 0 Å². The Morgan fingerprint density at radius 1 is 1.16 bits per heavy atom. The van der Waals surface area contributed by atoms with E-state index in [0.29, 0.717) is 11.3 Å². The highest BCUT2D eigenvalue weighted by Gasteiger charge is 2.30. The molecule has 0 atom stereocenters. The highest BCUT2D eigenvalue weighted by molar-refractivity contribution is 7.92. The number of hydrogen-bond acceptors (Lipinski definition) is 5. The van der Waals surface area contributed by atoms with E-state index in [9.17, 15) is 16.8 Å². The zero-order chi connectivity index (χ0) is 14.1. The van der Waals surface area contributed by atoms with Crippen molar-refractivity contribution in [2.75, 3.05) is 30.3 Å². The monoisotopic (exact) mass is 304 g/mol. The lowest BCUT2D eigenvalue weighted by molar-refractivity contribution is 0.430. The number of anilines is 1. The van der Waals surface area contributed by atoms with Crippen LogP contribution in [0.5, 0.6) is 0 Å². The Hall–Kier alpha value is -1.12. The van der Waals surface area contributed by atoms with Crippen molar-refractivity contribution in [2.24, 2.45) is 0 Å². The molecule has 0 bridgehead atoms. The molecule has 1 saturated heterocycles. The number of nitrogens with zero attached hydrogens (tertiary/aromatic N) is 1. The lowest BCUT2D eigenvalue weighted by Gasteiger charge is -2.26. The largest absolute Gasteiger partial charge is 0.398 e. The van der Waals surface area contributed by atoms with Gasteiger partial charge in [0, 0.05) is 18.8 Å². The average Bonchev–Trinajstić information content (AvgIpc) is 2.31. The van der Waals surface area contributed by atoms with E-state index in [4.69, 9.17) is 5.73 Å². The summed E-state index contributed by atoms with van der Waals surface area (Å²) in [5.41, 5.74) is 6.69. The van der Waals surface area contributed by atoms with Gasteiger partial charge in [-0.1, -0.05) is 18.2 Å². The van der Waals surface area contributed by atoms with Crippen molar-refractivity contribution in [3.8, 4) is 0 Å². The first kappa shape index (κ1) is 14.3. The van der Waals surface area contributed by atoms with Crippen LogP contribution in [0.25, 0.3) is 0 Å². The molecule has 0 radical (unpaired) electrons. The fourth-order valence-corrected chi connectivity index (χ4v) is 4.94. The van der Waals surface area contributed by atoms with Crippen LogP contribution < -0.4 is 5.73 Å². The van der Waals surface area contributed by atoms with E-state index in [0.717, 1.165) is 0 Å². The molecular formula is C11H16N2O4S2. The van der Waals surface area contributed by atoms with Crippen molar-refractivity contribution in [2.45, 2.75) is 5.75 Å². The van der Waals surface area contributed by atoms with Gasteiger partial charge in [0.05, 0.1) is 17.3 Å². The number of nitrogens with two attached hydrogens (primary N) is 1. The summed E-state index contributed by atoms with van der Waals surface area (Å²) in [6.45, 7) is 0.0504. The van der Waals surface area contributed by atoms with Gasteiger partial charge in [0.2, 0.25) is 10.0 Å². The van der Waals surface area contributed by atoms with Crippen molar-refractivity contribution in [1.82, 2.24) is 4.31 Å². The van der Waals surface area contributed by atoms with Gasteiger partial charge in [-0.25, -0.2) is 16.8 Å². The number of sulfonamides is 1. The third kappa shape index (κ3) is 3.46. The Kier molecular flexibility index (Phi) is 3.84. The molecule has 1 aliphatic rings. The Labute approximate surface area is 113 Å². The summed E-state index contributed by atoms with van der Waals surface area (Å²) in [7, 11) is -6.61. The van der Waals surface area contributed by atoms with Crippen LogP contribution in [-0.2, 0) is 25.6 Å². The Balaban J connectivity index is 2.14. The van der Waals surface area contributed by atoms with Gasteiger partial charge in [-0.3, -0.25) is 0 Å². The summed E-state index contributed by atoms with van der Waals surface area (Å²) in [5, 5.41) is 0. The van der Waals surface area contributed by atoms with Crippen molar-refractivity contribution in [3.63, 3.8) is 0 Å². The molecule has 0 aromatic heterocycles. The zero-order valence-corrected chi connectivity index (χ0v) is 12.0. The maximum absolute atomic E-state index is 12.2. The van der Waals surface area contributed by atoms with Crippen LogP contribution in [-0.4, -0.2) is 45.7 Å². The smallest absolute Gasteiger partial charge is 0.218 e. The Morgan fingerprint density at radius 2 is 1.74 bits per heavy atom. The molecule has 0 amide bonds. The molecule has 1 fully saturated rings. The van der Waals surface area contributed by atoms with Crippen molar-refractivity contribution >= 4 is 25.5 Å². The average molecular weight is 304 g/mol. The SMILES string of the molecule is Nc1ccccc1CS(=O)(=O)N1CCS(=O)(=O)CC1. The molecule has 2 rings (SSSR count). The van der Waals surface area contributed by atoms with Crippen molar-refractivity contribution in [3.05, 3.63) is 29.8 Å². The Bertz CT molecular complexity index is 654. The number of benzene rings is 1. The molecule has 0 aliphatic carbocycles. The lowest BCUT2D eigenvalue weighted by atomic mass is 10.2. The number of sulfone groups is 1. The van der Waals surface area contributed by atoms with E-state index < -0.39 is 19.9 Å². The summed E-state index contributed by atoms with van der Waals surface area (Å²) in [6, 6.07) is 6.76. The minimum atomic E-state index is -3.52. The van der Waals surface area contributed by atoms with Crippen LogP contribution in [0.4, 0.5) is 5.69 Å². The summed E-state index contributed by atoms with van der Waals surface area (Å²) in [4.78, 5) is 0.